The minimum atomic E-state index is -0.757. The zero-order chi connectivity index (χ0) is 40.8. The van der Waals surface area contributed by atoms with Crippen LogP contribution in [0.25, 0.3) is 0 Å². The lowest BCUT2D eigenvalue weighted by Crippen LogP contribution is -2.38. The van der Waals surface area contributed by atoms with Crippen LogP contribution in [-0.2, 0) is 54.8 Å². The molecule has 0 saturated heterocycles. The third-order valence-corrected chi connectivity index (χ3v) is 9.23. The number of esters is 2. The zero-order valence-electron chi connectivity index (χ0n) is 33.4. The van der Waals surface area contributed by atoms with Gasteiger partial charge in [0.15, 0.2) is 34.6 Å². The first-order chi connectivity index (χ1) is 25.8. The molecule has 0 fully saturated rings. The van der Waals surface area contributed by atoms with Gasteiger partial charge in [0.05, 0.1) is 39.8 Å². The number of carbonyl (C=O) groups excluding carboxylic acids is 4. The molecule has 4 rings (SSSR count). The number of rotatable bonds is 16. The maximum absolute atomic E-state index is 15.9. The highest BCUT2D eigenvalue weighted by Crippen LogP contribution is 2.41. The number of nitrogens with two attached hydrogens (primary N) is 1. The van der Waals surface area contributed by atoms with E-state index in [-0.39, 0.29) is 118 Å². The highest BCUT2D eigenvalue weighted by atomic mass is 19.1. The lowest BCUT2D eigenvalue weighted by Gasteiger charge is -2.27. The second kappa shape index (κ2) is 17.9. The number of amides is 2. The molecule has 0 radical (unpaired) electrons. The molecule has 0 bridgehead atoms. The Labute approximate surface area is 321 Å². The Morgan fingerprint density at radius 1 is 0.745 bits per heavy atom. The van der Waals surface area contributed by atoms with E-state index in [1.165, 1.54) is 24.0 Å². The van der Waals surface area contributed by atoms with Crippen LogP contribution >= 0.6 is 0 Å². The van der Waals surface area contributed by atoms with Crippen molar-refractivity contribution in [2.45, 2.75) is 112 Å². The monoisotopic (exact) mass is 775 g/mol. The summed E-state index contributed by atoms with van der Waals surface area (Å²) in [6, 6.07) is 3.25. The number of fused-ring (bicyclic) bond motifs is 2. The summed E-state index contributed by atoms with van der Waals surface area (Å²) in [6.07, 6.45) is -0.0605. The molecule has 2 aliphatic rings. The molecule has 55 heavy (non-hydrogen) atoms. The van der Waals surface area contributed by atoms with Gasteiger partial charge < -0.3 is 44.0 Å². The van der Waals surface area contributed by atoms with Crippen LogP contribution in [0.5, 0.6) is 23.0 Å². The van der Waals surface area contributed by atoms with Crippen molar-refractivity contribution in [2.24, 2.45) is 17.6 Å². The van der Waals surface area contributed by atoms with Crippen LogP contribution in [0, 0.1) is 23.5 Å². The van der Waals surface area contributed by atoms with Crippen LogP contribution in [0.3, 0.4) is 0 Å². The van der Waals surface area contributed by atoms with E-state index >= 15 is 8.78 Å². The third kappa shape index (κ3) is 11.0. The molecule has 1 unspecified atom stereocenters. The summed E-state index contributed by atoms with van der Waals surface area (Å²) in [7, 11) is 2.76. The van der Waals surface area contributed by atoms with Gasteiger partial charge >= 0.3 is 11.9 Å². The summed E-state index contributed by atoms with van der Waals surface area (Å²) in [4.78, 5) is 54.2. The van der Waals surface area contributed by atoms with Gasteiger partial charge in [0, 0.05) is 56.6 Å². The van der Waals surface area contributed by atoms with E-state index in [2.05, 4.69) is 0 Å². The molecule has 2 atom stereocenters. The molecule has 2 aromatic carbocycles. The second-order valence-electron chi connectivity index (χ2n) is 15.9. The molecule has 304 valence electrons. The van der Waals surface area contributed by atoms with Crippen LogP contribution in [0.2, 0.25) is 0 Å². The van der Waals surface area contributed by atoms with Gasteiger partial charge in [-0.25, -0.2) is 8.78 Å². The summed E-state index contributed by atoms with van der Waals surface area (Å²) in [5.74, 6) is -3.97. The fourth-order valence-electron chi connectivity index (χ4n) is 6.39. The van der Waals surface area contributed by atoms with Crippen molar-refractivity contribution in [2.75, 3.05) is 34.0 Å². The molecular formula is C40H55F2N3O10. The SMILES string of the molecule is COc1cc2c(c(F)c1OCCCOc1c(OC)cc3c(c1F)CN(C(=O)CC(C(=O)OC(C)(C)C)[C@H](C)CN)C3)CN(C(=O)CCC(=O)OC(C)(C)C)C2. The summed E-state index contributed by atoms with van der Waals surface area (Å²) in [5, 5.41) is 0. The number of nitrogens with zero attached hydrogens (tertiary/aromatic N) is 2. The quantitative estimate of drug-likeness (QED) is 0.168. The highest BCUT2D eigenvalue weighted by molar-refractivity contribution is 5.84. The Kier molecular flexibility index (Phi) is 14.0. The van der Waals surface area contributed by atoms with Gasteiger partial charge in [-0.15, -0.1) is 0 Å². The Hall–Kier alpha value is -4.66. The van der Waals surface area contributed by atoms with Crippen molar-refractivity contribution in [3.8, 4) is 23.0 Å². The van der Waals surface area contributed by atoms with Crippen LogP contribution in [0.15, 0.2) is 12.1 Å². The molecule has 15 heteroatoms. The van der Waals surface area contributed by atoms with E-state index in [4.69, 9.17) is 34.2 Å². The van der Waals surface area contributed by atoms with Gasteiger partial charge in [-0.3, -0.25) is 19.2 Å². The van der Waals surface area contributed by atoms with Crippen molar-refractivity contribution in [1.82, 2.24) is 9.80 Å². The molecule has 2 heterocycles. The number of benzene rings is 2. The number of carbonyl (C=O) groups is 4. The number of hydrogen-bond acceptors (Lipinski definition) is 11. The maximum atomic E-state index is 15.9. The third-order valence-electron chi connectivity index (χ3n) is 9.23. The molecule has 0 aliphatic carbocycles. The highest BCUT2D eigenvalue weighted by Gasteiger charge is 2.36. The largest absolute Gasteiger partial charge is 0.493 e. The van der Waals surface area contributed by atoms with E-state index in [9.17, 15) is 19.2 Å². The summed E-state index contributed by atoms with van der Waals surface area (Å²) < 4.78 is 64.9. The first-order valence-electron chi connectivity index (χ1n) is 18.5. The number of hydrogen-bond donors (Lipinski definition) is 1. The van der Waals surface area contributed by atoms with E-state index in [0.29, 0.717) is 16.7 Å². The minimum absolute atomic E-state index is 0.00928. The molecule has 0 aromatic heterocycles. The molecule has 13 nitrogen and oxygen atoms in total. The molecule has 2 N–H and O–H groups in total. The van der Waals surface area contributed by atoms with E-state index in [1.807, 2.05) is 0 Å². The number of ether oxygens (including phenoxy) is 6. The Morgan fingerprint density at radius 3 is 1.65 bits per heavy atom. The number of halogens is 2. The van der Waals surface area contributed by atoms with Crippen LogP contribution in [0.1, 0.15) is 96.4 Å². The molecule has 2 aliphatic heterocycles. The molecule has 0 saturated carbocycles. The molecule has 2 amide bonds. The van der Waals surface area contributed by atoms with E-state index in [1.54, 1.807) is 60.6 Å². The first kappa shape index (κ1) is 43.1. The van der Waals surface area contributed by atoms with Gasteiger partial charge in [-0.2, -0.15) is 0 Å². The molecule has 2 aromatic rings. The molecule has 0 spiro atoms. The van der Waals surface area contributed by atoms with Gasteiger partial charge in [0.1, 0.15) is 11.2 Å². The summed E-state index contributed by atoms with van der Waals surface area (Å²) in [5.41, 5.74) is 6.16. The van der Waals surface area contributed by atoms with Gasteiger partial charge in [-0.05, 0) is 77.3 Å². The first-order valence-corrected chi connectivity index (χ1v) is 18.5. The Morgan fingerprint density at radius 2 is 1.22 bits per heavy atom. The van der Waals surface area contributed by atoms with Crippen molar-refractivity contribution < 1.29 is 56.4 Å². The predicted molar refractivity (Wildman–Crippen MR) is 197 cm³/mol. The average Bonchev–Trinajstić information content (AvgIpc) is 3.74. The minimum Gasteiger partial charge on any atom is -0.493 e. The molecular weight excluding hydrogens is 720 g/mol. The van der Waals surface area contributed by atoms with Crippen molar-refractivity contribution in [3.05, 3.63) is 46.0 Å². The normalized spacial score (nSPS) is 14.8. The summed E-state index contributed by atoms with van der Waals surface area (Å²) >= 11 is 0. The van der Waals surface area contributed by atoms with Crippen molar-refractivity contribution in [1.29, 1.82) is 0 Å². The van der Waals surface area contributed by atoms with Gasteiger partial charge in [0.25, 0.3) is 0 Å². The fourth-order valence-corrected chi connectivity index (χ4v) is 6.39. The second-order valence-corrected chi connectivity index (χ2v) is 15.9. The zero-order valence-corrected chi connectivity index (χ0v) is 33.4. The topological polar surface area (TPSA) is 156 Å². The lowest BCUT2D eigenvalue weighted by molar-refractivity contribution is -0.164. The maximum Gasteiger partial charge on any atom is 0.310 e. The smallest absolute Gasteiger partial charge is 0.310 e. The predicted octanol–water partition coefficient (Wildman–Crippen LogP) is 5.58. The standard InChI is InChI=1S/C40H55F2N3O10/c1-23(18-43)26(38(49)55-40(5,6)7)17-32(47)45-20-25-16-30(51-9)37(35(42)28(25)22-45)53-14-10-13-52-36-29(50-8)15-24-19-44(21-27(24)34(36)41)31(46)11-12-33(48)54-39(2,3)4/h15-16,23,26H,10-14,17-22,43H2,1-9H3/t23-,26?/m1/s1. The Balaban J connectivity index is 1.35. The van der Waals surface area contributed by atoms with Crippen molar-refractivity contribution in [3.63, 3.8) is 0 Å². The van der Waals surface area contributed by atoms with E-state index < -0.39 is 40.7 Å². The average molecular weight is 776 g/mol. The van der Waals surface area contributed by atoms with Crippen molar-refractivity contribution >= 4 is 23.8 Å². The summed E-state index contributed by atoms with van der Waals surface area (Å²) in [6.45, 7) is 12.7. The van der Waals surface area contributed by atoms with Crippen LogP contribution in [0.4, 0.5) is 8.78 Å². The van der Waals surface area contributed by atoms with E-state index in [0.717, 1.165) is 0 Å². The number of methoxy groups -OCH3 is 2. The van der Waals surface area contributed by atoms with Crippen LogP contribution in [-0.4, -0.2) is 78.7 Å². The van der Waals surface area contributed by atoms with Crippen LogP contribution < -0.4 is 24.7 Å². The fraction of sp³-hybridized carbons (Fsp3) is 0.600. The van der Waals surface area contributed by atoms with Gasteiger partial charge in [-0.1, -0.05) is 6.92 Å². The Bertz CT molecular complexity index is 1750. The van der Waals surface area contributed by atoms with Gasteiger partial charge in [0.2, 0.25) is 11.8 Å². The lowest BCUT2D eigenvalue weighted by atomic mass is 9.90.